The molecule has 7 heteroatoms. The monoisotopic (exact) mass is 417 g/mol. The van der Waals surface area contributed by atoms with Gasteiger partial charge in [-0.25, -0.2) is 5.84 Å². The molecule has 5 nitrogen and oxygen atoms in total. The first-order chi connectivity index (χ1) is 13.3. The Morgan fingerprint density at radius 2 is 1.57 bits per heavy atom. The quantitative estimate of drug-likeness (QED) is 0.226. The molecule has 0 bridgehead atoms. The van der Waals surface area contributed by atoms with Crippen LogP contribution in [0.4, 0.5) is 0 Å². The summed E-state index contributed by atoms with van der Waals surface area (Å²) < 4.78 is 6.86. The summed E-state index contributed by atoms with van der Waals surface area (Å²) in [7, 11) is -2.62. The van der Waals surface area contributed by atoms with Gasteiger partial charge >= 0.3 is 0 Å². The van der Waals surface area contributed by atoms with E-state index in [-0.39, 0.29) is 17.7 Å². The van der Waals surface area contributed by atoms with Crippen molar-refractivity contribution in [2.45, 2.75) is 38.3 Å². The first kappa shape index (κ1) is 22.5. The van der Waals surface area contributed by atoms with Gasteiger partial charge in [-0.15, -0.1) is 0 Å². The van der Waals surface area contributed by atoms with E-state index in [1.54, 1.807) is 0 Å². The first-order valence-corrected chi connectivity index (χ1v) is 11.8. The lowest BCUT2D eigenvalue weighted by Crippen LogP contribution is -2.67. The highest BCUT2D eigenvalue weighted by molar-refractivity contribution is 7.80. The van der Waals surface area contributed by atoms with E-state index in [4.69, 9.17) is 22.5 Å². The number of rotatable bonds is 8. The molecular formula is C21H31N3O2SSi. The lowest BCUT2D eigenvalue weighted by atomic mass is 10.2. The van der Waals surface area contributed by atoms with Gasteiger partial charge in [0, 0.05) is 6.61 Å². The van der Waals surface area contributed by atoms with Crippen LogP contribution in [0.25, 0.3) is 0 Å². The van der Waals surface area contributed by atoms with Crippen LogP contribution in [0.2, 0.25) is 5.04 Å². The predicted octanol–water partition coefficient (Wildman–Crippen LogP) is 1.65. The number of thiocarbonyl (C=S) groups is 1. The van der Waals surface area contributed by atoms with E-state index in [0.29, 0.717) is 18.1 Å². The number of nitrogens with one attached hydrogen (secondary N) is 2. The van der Waals surface area contributed by atoms with Crippen molar-refractivity contribution in [1.29, 1.82) is 0 Å². The predicted molar refractivity (Wildman–Crippen MR) is 122 cm³/mol. The Balaban J connectivity index is 2.47. The maximum Gasteiger partial charge on any atom is 0.261 e. The lowest BCUT2D eigenvalue weighted by molar-refractivity contribution is 0.217. The molecule has 0 radical (unpaired) electrons. The highest BCUT2D eigenvalue weighted by Crippen LogP contribution is 2.36. The minimum absolute atomic E-state index is 0.0367. The van der Waals surface area contributed by atoms with Crippen molar-refractivity contribution in [2.75, 3.05) is 13.2 Å². The fraction of sp³-hybridized carbons (Fsp3) is 0.381. The van der Waals surface area contributed by atoms with E-state index in [9.17, 15) is 5.11 Å². The number of nitrogens with two attached hydrogens (primary N) is 1. The molecule has 28 heavy (non-hydrogen) atoms. The van der Waals surface area contributed by atoms with E-state index in [1.807, 2.05) is 12.1 Å². The van der Waals surface area contributed by atoms with Crippen molar-refractivity contribution in [1.82, 2.24) is 10.7 Å². The van der Waals surface area contributed by atoms with Gasteiger partial charge in [0.2, 0.25) is 0 Å². The van der Waals surface area contributed by atoms with Crippen molar-refractivity contribution in [3.05, 3.63) is 60.7 Å². The Bertz CT molecular complexity index is 699. The van der Waals surface area contributed by atoms with E-state index in [2.05, 4.69) is 80.0 Å². The summed E-state index contributed by atoms with van der Waals surface area (Å²) in [5.74, 6) is 5.40. The molecule has 152 valence electrons. The second-order valence-electron chi connectivity index (χ2n) is 7.80. The highest BCUT2D eigenvalue weighted by atomic mass is 32.1. The third-order valence-corrected chi connectivity index (χ3v) is 10.1. The second kappa shape index (κ2) is 10.1. The lowest BCUT2D eigenvalue weighted by Gasteiger charge is -2.43. The van der Waals surface area contributed by atoms with Crippen LogP contribution >= 0.6 is 12.2 Å². The zero-order chi connectivity index (χ0) is 20.6. The molecule has 0 aliphatic carbocycles. The highest BCUT2D eigenvalue weighted by Gasteiger charge is 2.50. The van der Waals surface area contributed by atoms with Gasteiger partial charge in [0.25, 0.3) is 8.32 Å². The zero-order valence-corrected chi connectivity index (χ0v) is 18.6. The molecule has 0 amide bonds. The number of aliphatic hydroxyl groups excluding tert-OH is 1. The maximum atomic E-state index is 9.47. The molecule has 0 saturated heterocycles. The fourth-order valence-corrected chi connectivity index (χ4v) is 8.34. The van der Waals surface area contributed by atoms with Crippen LogP contribution in [0.3, 0.4) is 0 Å². The van der Waals surface area contributed by atoms with E-state index < -0.39 is 8.32 Å². The van der Waals surface area contributed by atoms with Gasteiger partial charge in [-0.3, -0.25) is 0 Å². The van der Waals surface area contributed by atoms with Crippen molar-refractivity contribution in [3.63, 3.8) is 0 Å². The molecule has 5 N–H and O–H groups in total. The second-order valence-corrected chi connectivity index (χ2v) is 12.5. The molecule has 0 unspecified atom stereocenters. The van der Waals surface area contributed by atoms with E-state index >= 15 is 0 Å². The van der Waals surface area contributed by atoms with E-state index in [1.165, 1.54) is 10.4 Å². The van der Waals surface area contributed by atoms with Crippen molar-refractivity contribution < 1.29 is 9.53 Å². The molecular weight excluding hydrogens is 386 g/mol. The Kier molecular flexibility index (Phi) is 8.15. The first-order valence-electron chi connectivity index (χ1n) is 9.48. The molecule has 0 saturated carbocycles. The maximum absolute atomic E-state index is 9.47. The summed E-state index contributed by atoms with van der Waals surface area (Å²) in [5, 5.41) is 15.3. The van der Waals surface area contributed by atoms with Gasteiger partial charge in [-0.05, 0) is 34.1 Å². The van der Waals surface area contributed by atoms with Crippen LogP contribution in [-0.2, 0) is 4.43 Å². The van der Waals surface area contributed by atoms with Gasteiger partial charge in [-0.2, -0.15) is 0 Å². The number of hydrazine groups is 1. The molecule has 2 rings (SSSR count). The molecule has 0 heterocycles. The van der Waals surface area contributed by atoms with Crippen LogP contribution in [0.5, 0.6) is 0 Å². The average Bonchev–Trinajstić information content (AvgIpc) is 2.69. The number of hydrogen-bond donors (Lipinski definition) is 4. The van der Waals surface area contributed by atoms with Crippen LogP contribution < -0.4 is 27.0 Å². The van der Waals surface area contributed by atoms with Crippen molar-refractivity contribution in [2.24, 2.45) is 5.84 Å². The average molecular weight is 418 g/mol. The summed E-state index contributed by atoms with van der Waals surface area (Å²) in [6, 6.07) is 20.8. The Morgan fingerprint density at radius 1 is 1.07 bits per heavy atom. The van der Waals surface area contributed by atoms with Crippen molar-refractivity contribution >= 4 is 36.0 Å². The van der Waals surface area contributed by atoms with E-state index in [0.717, 1.165) is 0 Å². The zero-order valence-electron chi connectivity index (χ0n) is 16.8. The Morgan fingerprint density at radius 3 is 1.96 bits per heavy atom. The largest absolute Gasteiger partial charge is 0.405 e. The summed E-state index contributed by atoms with van der Waals surface area (Å²) in [6.07, 6.45) is 0.514. The molecule has 0 spiro atoms. The van der Waals surface area contributed by atoms with Gasteiger partial charge in [0.15, 0.2) is 5.11 Å². The minimum Gasteiger partial charge on any atom is -0.405 e. The van der Waals surface area contributed by atoms with Crippen LogP contribution in [0.15, 0.2) is 60.7 Å². The van der Waals surface area contributed by atoms with Crippen LogP contribution in [-0.4, -0.2) is 37.8 Å². The van der Waals surface area contributed by atoms with Crippen molar-refractivity contribution in [3.8, 4) is 0 Å². The SMILES string of the molecule is CC(C)(C)[Si](OC[C@H](CCO)NC(=S)NN)(c1ccccc1)c1ccccc1. The fourth-order valence-electron chi connectivity index (χ4n) is 3.57. The van der Waals surface area contributed by atoms with Gasteiger partial charge < -0.3 is 20.3 Å². The molecule has 2 aromatic rings. The summed E-state index contributed by atoms with van der Waals surface area (Å²) >= 11 is 5.14. The number of hydrogen-bond acceptors (Lipinski definition) is 4. The van der Waals surface area contributed by atoms with Gasteiger partial charge in [0.1, 0.15) is 0 Å². The third-order valence-electron chi connectivity index (χ3n) is 4.86. The van der Waals surface area contributed by atoms with Crippen LogP contribution in [0, 0.1) is 0 Å². The standard InChI is InChI=1S/C21H31N3O2SSi/c1-21(2,3)28(18-10-6-4-7-11-18,19-12-8-5-9-13-19)26-16-17(14-15-25)23-20(27)24-22/h4-13,17,25H,14-16,22H2,1-3H3,(H2,23,24,27)/t17-/m0/s1. The summed E-state index contributed by atoms with van der Waals surface area (Å²) in [4.78, 5) is 0. The Hall–Kier alpha value is -1.77. The van der Waals surface area contributed by atoms with Crippen LogP contribution in [0.1, 0.15) is 27.2 Å². The Labute approximate surface area is 174 Å². The number of aliphatic hydroxyl groups is 1. The summed E-state index contributed by atoms with van der Waals surface area (Å²) in [5.41, 5.74) is 2.44. The van der Waals surface area contributed by atoms with Gasteiger partial charge in [-0.1, -0.05) is 81.4 Å². The number of benzene rings is 2. The summed E-state index contributed by atoms with van der Waals surface area (Å²) in [6.45, 7) is 7.16. The third kappa shape index (κ3) is 5.18. The molecule has 1 atom stereocenters. The smallest absolute Gasteiger partial charge is 0.261 e. The normalized spacial score (nSPS) is 13.0. The molecule has 0 fully saturated rings. The molecule has 2 aromatic carbocycles. The molecule has 0 aliphatic heterocycles. The minimum atomic E-state index is -2.62. The topological polar surface area (TPSA) is 79.5 Å². The molecule has 0 aromatic heterocycles. The van der Waals surface area contributed by atoms with Gasteiger partial charge in [0.05, 0.1) is 12.6 Å². The molecule has 0 aliphatic rings.